The molecule has 0 saturated carbocycles. The second kappa shape index (κ2) is 11.1. The van der Waals surface area contributed by atoms with E-state index in [4.69, 9.17) is 9.72 Å². The Hall–Kier alpha value is -2.12. The first-order valence-corrected chi connectivity index (χ1v) is 12.4. The number of piperidine rings is 1. The van der Waals surface area contributed by atoms with Crippen molar-refractivity contribution in [3.05, 3.63) is 24.3 Å². The van der Waals surface area contributed by atoms with Gasteiger partial charge in [-0.1, -0.05) is 26.0 Å². The van der Waals surface area contributed by atoms with E-state index >= 15 is 0 Å². The summed E-state index contributed by atoms with van der Waals surface area (Å²) in [6.07, 6.45) is 4.10. The first-order chi connectivity index (χ1) is 15.6. The number of carbonyl (C=O) groups excluding carboxylic acids is 1. The summed E-state index contributed by atoms with van der Waals surface area (Å²) in [6, 6.07) is 8.39. The molecule has 7 heteroatoms. The van der Waals surface area contributed by atoms with Gasteiger partial charge in [0.25, 0.3) is 0 Å². The molecule has 32 heavy (non-hydrogen) atoms. The molecule has 2 aliphatic rings. The molecule has 2 fully saturated rings. The van der Waals surface area contributed by atoms with Crippen LogP contribution in [0.25, 0.3) is 11.0 Å². The molecule has 1 amide bonds. The second-order valence-electron chi connectivity index (χ2n) is 9.62. The summed E-state index contributed by atoms with van der Waals surface area (Å²) in [6.45, 7) is 12.6. The molecular weight excluding hydrogens is 402 g/mol. The lowest BCUT2D eigenvalue weighted by Crippen LogP contribution is -2.44. The third-order valence-corrected chi connectivity index (χ3v) is 6.69. The van der Waals surface area contributed by atoms with Crippen molar-refractivity contribution >= 4 is 22.9 Å². The summed E-state index contributed by atoms with van der Waals surface area (Å²) >= 11 is 0. The maximum absolute atomic E-state index is 12.9. The Labute approximate surface area is 192 Å². The summed E-state index contributed by atoms with van der Waals surface area (Å²) in [7, 11) is 0. The predicted molar refractivity (Wildman–Crippen MR) is 129 cm³/mol. The summed E-state index contributed by atoms with van der Waals surface area (Å²) in [5.74, 6) is 1.89. The SMILES string of the molecule is CC(C)CCn1c(N2CCCC(C(=O)NCCCN3CCOCC3)C2)nc2ccccc21. The van der Waals surface area contributed by atoms with E-state index in [0.29, 0.717) is 5.92 Å². The standard InChI is InChI=1S/C25H39N5O2/c1-20(2)10-14-30-23-9-4-3-8-22(23)27-25(30)29-13-5-7-21(19-29)24(31)26-11-6-12-28-15-17-32-18-16-28/h3-4,8-9,20-21H,5-7,10-19H2,1-2H3,(H,26,31). The van der Waals surface area contributed by atoms with E-state index in [1.807, 2.05) is 0 Å². The van der Waals surface area contributed by atoms with Gasteiger partial charge in [-0.2, -0.15) is 0 Å². The number of hydrogen-bond acceptors (Lipinski definition) is 5. The molecule has 3 heterocycles. The maximum atomic E-state index is 12.9. The number of carbonyl (C=O) groups is 1. The van der Waals surface area contributed by atoms with Crippen LogP contribution in [0.1, 0.15) is 39.5 Å². The van der Waals surface area contributed by atoms with E-state index in [-0.39, 0.29) is 11.8 Å². The minimum Gasteiger partial charge on any atom is -0.379 e. The third-order valence-electron chi connectivity index (χ3n) is 6.69. The first-order valence-electron chi connectivity index (χ1n) is 12.4. The normalized spacial score (nSPS) is 20.2. The summed E-state index contributed by atoms with van der Waals surface area (Å²) < 4.78 is 7.76. The zero-order chi connectivity index (χ0) is 22.3. The van der Waals surface area contributed by atoms with Gasteiger partial charge in [-0.05, 0) is 50.3 Å². The Kier molecular flexibility index (Phi) is 8.03. The van der Waals surface area contributed by atoms with Gasteiger partial charge >= 0.3 is 0 Å². The highest BCUT2D eigenvalue weighted by atomic mass is 16.5. The van der Waals surface area contributed by atoms with E-state index in [9.17, 15) is 4.79 Å². The van der Waals surface area contributed by atoms with Crippen molar-refractivity contribution in [1.29, 1.82) is 0 Å². The lowest BCUT2D eigenvalue weighted by Gasteiger charge is -2.33. The van der Waals surface area contributed by atoms with E-state index in [2.05, 4.69) is 57.8 Å². The molecule has 1 N–H and O–H groups in total. The smallest absolute Gasteiger partial charge is 0.224 e. The van der Waals surface area contributed by atoms with E-state index in [0.717, 1.165) is 96.2 Å². The van der Waals surface area contributed by atoms with Crippen molar-refractivity contribution < 1.29 is 9.53 Å². The molecule has 0 bridgehead atoms. The fourth-order valence-electron chi connectivity index (χ4n) is 4.77. The minimum absolute atomic E-state index is 0.0329. The van der Waals surface area contributed by atoms with Crippen molar-refractivity contribution in [1.82, 2.24) is 19.8 Å². The molecule has 1 unspecified atom stereocenters. The Morgan fingerprint density at radius 2 is 2.00 bits per heavy atom. The number of rotatable bonds is 9. The van der Waals surface area contributed by atoms with Crippen LogP contribution in [0.3, 0.4) is 0 Å². The van der Waals surface area contributed by atoms with Crippen LogP contribution in [0, 0.1) is 11.8 Å². The number of aromatic nitrogens is 2. The number of para-hydroxylation sites is 2. The predicted octanol–water partition coefficient (Wildman–Crippen LogP) is 3.14. The van der Waals surface area contributed by atoms with Crippen LogP contribution in [0.4, 0.5) is 5.95 Å². The van der Waals surface area contributed by atoms with Gasteiger partial charge < -0.3 is 19.5 Å². The van der Waals surface area contributed by atoms with Crippen molar-refractivity contribution in [2.45, 2.75) is 46.1 Å². The molecule has 1 aromatic heterocycles. The first kappa shape index (κ1) is 23.1. The van der Waals surface area contributed by atoms with Crippen molar-refractivity contribution in [2.24, 2.45) is 11.8 Å². The van der Waals surface area contributed by atoms with Crippen molar-refractivity contribution in [3.63, 3.8) is 0 Å². The summed E-state index contributed by atoms with van der Waals surface area (Å²) in [4.78, 5) is 22.6. The summed E-state index contributed by atoms with van der Waals surface area (Å²) in [5.41, 5.74) is 2.23. The van der Waals surface area contributed by atoms with Gasteiger partial charge in [-0.15, -0.1) is 0 Å². The number of aryl methyl sites for hydroxylation is 1. The van der Waals surface area contributed by atoms with E-state index in [1.165, 1.54) is 5.52 Å². The highest BCUT2D eigenvalue weighted by molar-refractivity contribution is 5.81. The van der Waals surface area contributed by atoms with Crippen LogP contribution in [0.2, 0.25) is 0 Å². The fourth-order valence-corrected chi connectivity index (χ4v) is 4.77. The van der Waals surface area contributed by atoms with Gasteiger partial charge in [-0.3, -0.25) is 9.69 Å². The Balaban J connectivity index is 1.35. The van der Waals surface area contributed by atoms with Gasteiger partial charge in [0.2, 0.25) is 11.9 Å². The van der Waals surface area contributed by atoms with Crippen LogP contribution < -0.4 is 10.2 Å². The quantitative estimate of drug-likeness (QED) is 0.606. The molecule has 7 nitrogen and oxygen atoms in total. The Morgan fingerprint density at radius 1 is 1.19 bits per heavy atom. The zero-order valence-corrected chi connectivity index (χ0v) is 19.8. The van der Waals surface area contributed by atoms with Gasteiger partial charge in [0.05, 0.1) is 30.2 Å². The van der Waals surface area contributed by atoms with Gasteiger partial charge in [-0.25, -0.2) is 4.98 Å². The van der Waals surface area contributed by atoms with Crippen molar-refractivity contribution in [2.75, 3.05) is 57.4 Å². The highest BCUT2D eigenvalue weighted by Gasteiger charge is 2.28. The average molecular weight is 442 g/mol. The van der Waals surface area contributed by atoms with Crippen LogP contribution in [0.5, 0.6) is 0 Å². The number of benzene rings is 1. The molecule has 4 rings (SSSR count). The number of imidazole rings is 1. The molecule has 1 aromatic carbocycles. The zero-order valence-electron chi connectivity index (χ0n) is 19.8. The van der Waals surface area contributed by atoms with Crippen LogP contribution in [-0.4, -0.2) is 72.8 Å². The fraction of sp³-hybridized carbons (Fsp3) is 0.680. The molecule has 0 radical (unpaired) electrons. The van der Waals surface area contributed by atoms with Gasteiger partial charge in [0, 0.05) is 39.3 Å². The molecule has 2 saturated heterocycles. The van der Waals surface area contributed by atoms with Crippen LogP contribution in [-0.2, 0) is 16.1 Å². The molecule has 2 aliphatic heterocycles. The summed E-state index contributed by atoms with van der Waals surface area (Å²) in [5, 5.41) is 3.19. The second-order valence-corrected chi connectivity index (χ2v) is 9.62. The third kappa shape index (κ3) is 5.81. The monoisotopic (exact) mass is 441 g/mol. The van der Waals surface area contributed by atoms with Crippen LogP contribution >= 0.6 is 0 Å². The van der Waals surface area contributed by atoms with E-state index in [1.54, 1.807) is 0 Å². The molecule has 176 valence electrons. The molecule has 0 spiro atoms. The van der Waals surface area contributed by atoms with Crippen molar-refractivity contribution in [3.8, 4) is 0 Å². The van der Waals surface area contributed by atoms with Gasteiger partial charge in [0.15, 0.2) is 0 Å². The molecule has 0 aliphatic carbocycles. The van der Waals surface area contributed by atoms with Crippen LogP contribution in [0.15, 0.2) is 24.3 Å². The number of ether oxygens (including phenoxy) is 1. The minimum atomic E-state index is 0.0329. The van der Waals surface area contributed by atoms with E-state index < -0.39 is 0 Å². The highest BCUT2D eigenvalue weighted by Crippen LogP contribution is 2.28. The number of fused-ring (bicyclic) bond motifs is 1. The lowest BCUT2D eigenvalue weighted by molar-refractivity contribution is -0.125. The number of nitrogens with zero attached hydrogens (tertiary/aromatic N) is 4. The number of morpholine rings is 1. The number of anilines is 1. The maximum Gasteiger partial charge on any atom is 0.224 e. The number of hydrogen-bond donors (Lipinski definition) is 1. The van der Waals surface area contributed by atoms with Gasteiger partial charge in [0.1, 0.15) is 0 Å². The topological polar surface area (TPSA) is 62.6 Å². The molecule has 1 atom stereocenters. The average Bonchev–Trinajstić information content (AvgIpc) is 3.20. The number of amides is 1. The Bertz CT molecular complexity index is 874. The molecular formula is C25H39N5O2. The lowest BCUT2D eigenvalue weighted by atomic mass is 9.97. The molecule has 2 aromatic rings. The number of nitrogens with one attached hydrogen (secondary N) is 1. The largest absolute Gasteiger partial charge is 0.379 e. The Morgan fingerprint density at radius 3 is 2.81 bits per heavy atom.